The van der Waals surface area contributed by atoms with Gasteiger partial charge in [0.05, 0.1) is 13.2 Å². The van der Waals surface area contributed by atoms with E-state index in [9.17, 15) is 9.59 Å². The van der Waals surface area contributed by atoms with Gasteiger partial charge < -0.3 is 14.5 Å². The molecule has 0 unspecified atom stereocenters. The van der Waals surface area contributed by atoms with Crippen molar-refractivity contribution in [1.29, 1.82) is 0 Å². The number of benzene rings is 1. The van der Waals surface area contributed by atoms with Crippen molar-refractivity contribution in [2.24, 2.45) is 0 Å². The Kier molecular flexibility index (Phi) is 6.61. The van der Waals surface area contributed by atoms with Crippen LogP contribution in [0, 0.1) is 0 Å². The Bertz CT molecular complexity index is 770. The first-order valence-electron chi connectivity index (χ1n) is 8.17. The first-order valence-corrected chi connectivity index (χ1v) is 8.97. The molecule has 0 aliphatic heterocycles. The van der Waals surface area contributed by atoms with Gasteiger partial charge in [-0.25, -0.2) is 4.79 Å². The van der Waals surface area contributed by atoms with Gasteiger partial charge in [-0.05, 0) is 46.0 Å². The highest BCUT2D eigenvalue weighted by atomic mass is 79.9. The highest BCUT2D eigenvalue weighted by Crippen LogP contribution is 2.30. The van der Waals surface area contributed by atoms with Crippen molar-refractivity contribution in [1.82, 2.24) is 10.2 Å². The second kappa shape index (κ2) is 8.49. The summed E-state index contributed by atoms with van der Waals surface area (Å²) in [7, 11) is 1.83. The van der Waals surface area contributed by atoms with Gasteiger partial charge in [-0.1, -0.05) is 15.9 Å². The third-order valence-corrected chi connectivity index (χ3v) is 4.00. The van der Waals surface area contributed by atoms with Gasteiger partial charge in [0.1, 0.15) is 5.58 Å². The molecule has 6 nitrogen and oxygen atoms in total. The van der Waals surface area contributed by atoms with Gasteiger partial charge in [0.25, 0.3) is 0 Å². The molecule has 0 saturated carbocycles. The number of rotatable bonds is 7. The molecule has 0 fully saturated rings. The molecule has 1 aromatic heterocycles. The molecule has 0 saturated heterocycles. The van der Waals surface area contributed by atoms with Crippen LogP contribution in [0.15, 0.2) is 27.1 Å². The lowest BCUT2D eigenvalue weighted by Gasteiger charge is -2.17. The highest BCUT2D eigenvalue weighted by Gasteiger charge is 2.23. The normalized spacial score (nSPS) is 11.3. The molecule has 0 atom stereocenters. The van der Waals surface area contributed by atoms with E-state index in [0.717, 1.165) is 15.4 Å². The standard InChI is InChI=1S/C18H23BrN2O4/c1-5-24-18(23)17-14(9-21(4)10-16(22)20-11(2)3)13-8-12(19)6-7-15(13)25-17/h6-8,11H,5,9-10H2,1-4H3,(H,20,22). The molecule has 1 N–H and O–H groups in total. The Morgan fingerprint density at radius 2 is 2.08 bits per heavy atom. The van der Waals surface area contributed by atoms with E-state index in [2.05, 4.69) is 21.2 Å². The maximum atomic E-state index is 12.2. The zero-order valence-corrected chi connectivity index (χ0v) is 16.5. The predicted molar refractivity (Wildman–Crippen MR) is 99.5 cm³/mol. The number of hydrogen-bond acceptors (Lipinski definition) is 5. The van der Waals surface area contributed by atoms with E-state index in [-0.39, 0.29) is 30.9 Å². The molecule has 0 bridgehead atoms. The number of ether oxygens (including phenoxy) is 1. The second-order valence-electron chi connectivity index (χ2n) is 6.17. The lowest BCUT2D eigenvalue weighted by molar-refractivity contribution is -0.122. The number of likely N-dealkylation sites (N-methyl/N-ethyl adjacent to an activating group) is 1. The highest BCUT2D eigenvalue weighted by molar-refractivity contribution is 9.10. The summed E-state index contributed by atoms with van der Waals surface area (Å²) >= 11 is 3.44. The molecule has 0 aliphatic rings. The summed E-state index contributed by atoms with van der Waals surface area (Å²) in [6.45, 7) is 6.46. The van der Waals surface area contributed by atoms with Gasteiger partial charge in [-0.15, -0.1) is 0 Å². The second-order valence-corrected chi connectivity index (χ2v) is 7.08. The van der Waals surface area contributed by atoms with E-state index in [1.807, 2.05) is 37.9 Å². The van der Waals surface area contributed by atoms with Crippen LogP contribution in [-0.2, 0) is 16.1 Å². The number of nitrogens with one attached hydrogen (secondary N) is 1. The van der Waals surface area contributed by atoms with E-state index in [1.165, 1.54) is 0 Å². The smallest absolute Gasteiger partial charge is 0.374 e. The summed E-state index contributed by atoms with van der Waals surface area (Å²) in [5, 5.41) is 3.68. The fourth-order valence-electron chi connectivity index (χ4n) is 2.58. The average molecular weight is 411 g/mol. The Labute approximate surface area is 155 Å². The fourth-order valence-corrected chi connectivity index (χ4v) is 2.94. The van der Waals surface area contributed by atoms with Crippen LogP contribution in [0.3, 0.4) is 0 Å². The van der Waals surface area contributed by atoms with Gasteiger partial charge >= 0.3 is 5.97 Å². The minimum atomic E-state index is -0.496. The largest absolute Gasteiger partial charge is 0.460 e. The minimum absolute atomic E-state index is 0.0656. The molecular formula is C18H23BrN2O4. The Hall–Kier alpha value is -1.86. The van der Waals surface area contributed by atoms with E-state index in [1.54, 1.807) is 13.0 Å². The van der Waals surface area contributed by atoms with E-state index < -0.39 is 5.97 Å². The first-order chi connectivity index (χ1) is 11.8. The van der Waals surface area contributed by atoms with E-state index >= 15 is 0 Å². The van der Waals surface area contributed by atoms with Crippen LogP contribution in [0.25, 0.3) is 11.0 Å². The van der Waals surface area contributed by atoms with Crippen LogP contribution in [0.1, 0.15) is 36.9 Å². The van der Waals surface area contributed by atoms with Gasteiger partial charge in [-0.3, -0.25) is 9.69 Å². The molecular weight excluding hydrogens is 388 g/mol. The van der Waals surface area contributed by atoms with Crippen LogP contribution < -0.4 is 5.32 Å². The molecule has 1 aromatic carbocycles. The number of nitrogens with zero attached hydrogens (tertiary/aromatic N) is 1. The van der Waals surface area contributed by atoms with Crippen LogP contribution in [0.2, 0.25) is 0 Å². The van der Waals surface area contributed by atoms with Gasteiger partial charge in [0.15, 0.2) is 0 Å². The zero-order valence-electron chi connectivity index (χ0n) is 14.9. The van der Waals surface area contributed by atoms with E-state index in [4.69, 9.17) is 9.15 Å². The summed E-state index contributed by atoms with van der Waals surface area (Å²) in [4.78, 5) is 26.0. The van der Waals surface area contributed by atoms with Gasteiger partial charge in [0, 0.05) is 28.0 Å². The molecule has 2 aromatic rings. The monoisotopic (exact) mass is 410 g/mol. The van der Waals surface area contributed by atoms with Crippen LogP contribution >= 0.6 is 15.9 Å². The molecule has 0 aliphatic carbocycles. The van der Waals surface area contributed by atoms with Crippen molar-refractivity contribution in [3.63, 3.8) is 0 Å². The first kappa shape index (κ1) is 19.5. The minimum Gasteiger partial charge on any atom is -0.460 e. The average Bonchev–Trinajstić information content (AvgIpc) is 2.84. The van der Waals surface area contributed by atoms with Crippen LogP contribution in [0.5, 0.6) is 0 Å². The Balaban J connectivity index is 2.30. The number of esters is 1. The third kappa shape index (κ3) is 5.06. The number of amides is 1. The quantitative estimate of drug-likeness (QED) is 0.708. The van der Waals surface area contributed by atoms with Crippen LogP contribution in [0.4, 0.5) is 0 Å². The lowest BCUT2D eigenvalue weighted by atomic mass is 10.1. The van der Waals surface area contributed by atoms with E-state index in [0.29, 0.717) is 12.1 Å². The number of fused-ring (bicyclic) bond motifs is 1. The Morgan fingerprint density at radius 1 is 1.36 bits per heavy atom. The number of carbonyl (C=O) groups is 2. The number of furan rings is 1. The predicted octanol–water partition coefficient (Wildman–Crippen LogP) is 3.33. The maximum absolute atomic E-state index is 12.2. The van der Waals surface area contributed by atoms with Crippen molar-refractivity contribution in [3.8, 4) is 0 Å². The van der Waals surface area contributed by atoms with Crippen molar-refractivity contribution in [2.45, 2.75) is 33.4 Å². The molecule has 2 rings (SSSR count). The SMILES string of the molecule is CCOC(=O)c1oc2ccc(Br)cc2c1CN(C)CC(=O)NC(C)C. The molecule has 25 heavy (non-hydrogen) atoms. The molecule has 0 radical (unpaired) electrons. The van der Waals surface area contributed by atoms with Crippen LogP contribution in [-0.4, -0.2) is 43.0 Å². The molecule has 0 spiro atoms. The maximum Gasteiger partial charge on any atom is 0.374 e. The molecule has 1 amide bonds. The molecule has 7 heteroatoms. The molecule has 136 valence electrons. The topological polar surface area (TPSA) is 71.8 Å². The van der Waals surface area contributed by atoms with Gasteiger partial charge in [0.2, 0.25) is 11.7 Å². The summed E-state index contributed by atoms with van der Waals surface area (Å²) < 4.78 is 11.7. The third-order valence-electron chi connectivity index (χ3n) is 3.50. The Morgan fingerprint density at radius 3 is 2.72 bits per heavy atom. The van der Waals surface area contributed by atoms with Crippen molar-refractivity contribution >= 4 is 38.8 Å². The number of halogens is 1. The number of carbonyl (C=O) groups excluding carboxylic acids is 2. The lowest BCUT2D eigenvalue weighted by Crippen LogP contribution is -2.38. The summed E-state index contributed by atoms with van der Waals surface area (Å²) in [6.07, 6.45) is 0. The van der Waals surface area contributed by atoms with Crippen molar-refractivity contribution in [2.75, 3.05) is 20.2 Å². The fraction of sp³-hybridized carbons (Fsp3) is 0.444. The van der Waals surface area contributed by atoms with Crippen molar-refractivity contribution in [3.05, 3.63) is 34.0 Å². The number of hydrogen-bond donors (Lipinski definition) is 1. The summed E-state index contributed by atoms with van der Waals surface area (Å²) in [6, 6.07) is 5.64. The summed E-state index contributed by atoms with van der Waals surface area (Å²) in [5.41, 5.74) is 1.33. The zero-order chi connectivity index (χ0) is 18.6. The van der Waals surface area contributed by atoms with Gasteiger partial charge in [-0.2, -0.15) is 0 Å². The van der Waals surface area contributed by atoms with Crippen molar-refractivity contribution < 1.29 is 18.7 Å². The summed E-state index contributed by atoms with van der Waals surface area (Å²) in [5.74, 6) is -0.375. The molecule has 1 heterocycles.